The van der Waals surface area contributed by atoms with Crippen molar-refractivity contribution in [1.82, 2.24) is 20.4 Å². The highest BCUT2D eigenvalue weighted by Crippen LogP contribution is 2.22. The first-order valence-corrected chi connectivity index (χ1v) is 7.00. The number of nitrogens with zero attached hydrogens (tertiary/aromatic N) is 2. The fourth-order valence-corrected chi connectivity index (χ4v) is 2.39. The number of para-hydroxylation sites is 1. The first kappa shape index (κ1) is 14.8. The van der Waals surface area contributed by atoms with Crippen LogP contribution in [0.3, 0.4) is 0 Å². The molecule has 8 nitrogen and oxygen atoms in total. The van der Waals surface area contributed by atoms with Crippen molar-refractivity contribution in [2.75, 3.05) is 0 Å². The van der Waals surface area contributed by atoms with Crippen LogP contribution in [0.5, 0.6) is 0 Å². The van der Waals surface area contributed by atoms with Gasteiger partial charge in [0.05, 0.1) is 13.0 Å². The molecule has 0 unspecified atom stereocenters. The minimum Gasteiger partial charge on any atom is -0.361 e. The Labute approximate surface area is 131 Å². The molecule has 4 N–H and O–H groups in total. The van der Waals surface area contributed by atoms with E-state index >= 15 is 0 Å². The Morgan fingerprint density at radius 3 is 2.87 bits per heavy atom. The normalized spacial score (nSPS) is 10.8. The van der Waals surface area contributed by atoms with Gasteiger partial charge < -0.3 is 20.6 Å². The SMILES string of the molecule is Cc1[nH]c2ccccc2c1CC(=O)NCc1noc(C(N)=O)n1. The number of nitrogens with two attached hydrogens (primary N) is 1. The van der Waals surface area contributed by atoms with Gasteiger partial charge in [-0.1, -0.05) is 23.4 Å². The quantitative estimate of drug-likeness (QED) is 0.642. The fraction of sp³-hybridized carbons (Fsp3) is 0.200. The summed E-state index contributed by atoms with van der Waals surface area (Å²) in [6.45, 7) is 2.00. The number of rotatable bonds is 5. The fourth-order valence-electron chi connectivity index (χ4n) is 2.39. The molecule has 0 fully saturated rings. The predicted molar refractivity (Wildman–Crippen MR) is 81.4 cm³/mol. The molecule has 3 aromatic rings. The van der Waals surface area contributed by atoms with Gasteiger partial charge in [-0.15, -0.1) is 0 Å². The molecular formula is C15H15N5O3. The number of H-pyrrole nitrogens is 1. The first-order valence-electron chi connectivity index (χ1n) is 7.00. The molecule has 0 spiro atoms. The maximum atomic E-state index is 12.1. The Bertz CT molecular complexity index is 880. The van der Waals surface area contributed by atoms with E-state index in [1.165, 1.54) is 0 Å². The molecule has 0 atom stereocenters. The van der Waals surface area contributed by atoms with E-state index in [0.29, 0.717) is 0 Å². The lowest BCUT2D eigenvalue weighted by molar-refractivity contribution is -0.120. The molecule has 0 aliphatic heterocycles. The van der Waals surface area contributed by atoms with Crippen molar-refractivity contribution in [1.29, 1.82) is 0 Å². The molecule has 118 valence electrons. The number of aromatic nitrogens is 3. The van der Waals surface area contributed by atoms with Crippen molar-refractivity contribution in [3.63, 3.8) is 0 Å². The van der Waals surface area contributed by atoms with Crippen LogP contribution in [-0.2, 0) is 17.8 Å². The zero-order valence-corrected chi connectivity index (χ0v) is 12.4. The van der Waals surface area contributed by atoms with Crippen molar-refractivity contribution in [3.05, 3.63) is 47.2 Å². The van der Waals surface area contributed by atoms with E-state index in [9.17, 15) is 9.59 Å². The molecular weight excluding hydrogens is 298 g/mol. The van der Waals surface area contributed by atoms with Crippen molar-refractivity contribution < 1.29 is 14.1 Å². The molecule has 0 radical (unpaired) electrons. The topological polar surface area (TPSA) is 127 Å². The van der Waals surface area contributed by atoms with Crippen molar-refractivity contribution in [2.24, 2.45) is 5.73 Å². The number of carbonyl (C=O) groups excluding carboxylic acids is 2. The summed E-state index contributed by atoms with van der Waals surface area (Å²) < 4.78 is 4.65. The van der Waals surface area contributed by atoms with E-state index in [4.69, 9.17) is 5.73 Å². The maximum absolute atomic E-state index is 12.1. The van der Waals surface area contributed by atoms with Crippen molar-refractivity contribution in [3.8, 4) is 0 Å². The molecule has 2 heterocycles. The lowest BCUT2D eigenvalue weighted by atomic mass is 10.1. The number of amides is 2. The van der Waals surface area contributed by atoms with E-state index in [1.807, 2.05) is 31.2 Å². The number of primary amides is 1. The minimum absolute atomic E-state index is 0.0665. The standard InChI is InChI=1S/C15H15N5O3/c1-8-10(9-4-2-3-5-11(9)18-8)6-13(21)17-7-12-19-15(14(16)22)23-20-12/h2-5,18H,6-7H2,1H3,(H2,16,22)(H,17,21). The van der Waals surface area contributed by atoms with Crippen LogP contribution < -0.4 is 11.1 Å². The smallest absolute Gasteiger partial charge is 0.315 e. The third kappa shape index (κ3) is 3.05. The average Bonchev–Trinajstić information content (AvgIpc) is 3.11. The second kappa shape index (κ2) is 5.91. The lowest BCUT2D eigenvalue weighted by Gasteiger charge is -2.03. The van der Waals surface area contributed by atoms with E-state index in [0.717, 1.165) is 22.2 Å². The summed E-state index contributed by atoms with van der Waals surface area (Å²) in [5.74, 6) is -1.06. The van der Waals surface area contributed by atoms with Crippen LogP contribution in [0.1, 0.15) is 27.8 Å². The Hall–Kier alpha value is -3.16. The van der Waals surface area contributed by atoms with Gasteiger partial charge in [0.15, 0.2) is 5.82 Å². The molecule has 0 aliphatic rings. The Balaban J connectivity index is 1.66. The maximum Gasteiger partial charge on any atom is 0.315 e. The van der Waals surface area contributed by atoms with Crippen LogP contribution in [0.4, 0.5) is 0 Å². The number of hydrogen-bond acceptors (Lipinski definition) is 5. The highest BCUT2D eigenvalue weighted by Gasteiger charge is 2.14. The lowest BCUT2D eigenvalue weighted by Crippen LogP contribution is -2.25. The van der Waals surface area contributed by atoms with Gasteiger partial charge in [-0.3, -0.25) is 9.59 Å². The number of hydrogen-bond donors (Lipinski definition) is 3. The molecule has 0 saturated carbocycles. The number of nitrogens with one attached hydrogen (secondary N) is 2. The highest BCUT2D eigenvalue weighted by molar-refractivity contribution is 5.90. The van der Waals surface area contributed by atoms with Gasteiger partial charge in [-0.25, -0.2) is 0 Å². The largest absolute Gasteiger partial charge is 0.361 e. The summed E-state index contributed by atoms with van der Waals surface area (Å²) in [5.41, 5.74) is 7.92. The molecule has 8 heteroatoms. The average molecular weight is 313 g/mol. The van der Waals surface area contributed by atoms with Gasteiger partial charge in [0, 0.05) is 16.6 Å². The molecule has 0 bridgehead atoms. The van der Waals surface area contributed by atoms with Crippen molar-refractivity contribution >= 4 is 22.7 Å². The van der Waals surface area contributed by atoms with Crippen LogP contribution in [0.25, 0.3) is 10.9 Å². The summed E-state index contributed by atoms with van der Waals surface area (Å²) in [5, 5.41) is 7.28. The zero-order chi connectivity index (χ0) is 16.4. The zero-order valence-electron chi connectivity index (χ0n) is 12.4. The van der Waals surface area contributed by atoms with Crippen molar-refractivity contribution in [2.45, 2.75) is 19.9 Å². The van der Waals surface area contributed by atoms with Crippen LogP contribution in [0.2, 0.25) is 0 Å². The number of aryl methyl sites for hydroxylation is 1. The Morgan fingerprint density at radius 2 is 2.13 bits per heavy atom. The minimum atomic E-state index is -0.801. The van der Waals surface area contributed by atoms with E-state index < -0.39 is 5.91 Å². The molecule has 1 aromatic carbocycles. The molecule has 2 aromatic heterocycles. The summed E-state index contributed by atoms with van der Waals surface area (Å²) in [7, 11) is 0. The summed E-state index contributed by atoms with van der Waals surface area (Å²) in [4.78, 5) is 30.0. The number of fused-ring (bicyclic) bond motifs is 1. The van der Waals surface area contributed by atoms with Gasteiger partial charge in [0.2, 0.25) is 5.91 Å². The second-order valence-corrected chi connectivity index (χ2v) is 5.11. The Kier molecular flexibility index (Phi) is 3.80. The van der Waals surface area contributed by atoms with Gasteiger partial charge in [-0.2, -0.15) is 4.98 Å². The summed E-state index contributed by atoms with van der Waals surface area (Å²) in [6, 6.07) is 7.81. The molecule has 2 amide bonds. The van der Waals surface area contributed by atoms with Gasteiger partial charge in [0.1, 0.15) is 0 Å². The van der Waals surface area contributed by atoms with E-state index in [1.54, 1.807) is 0 Å². The number of carbonyl (C=O) groups is 2. The predicted octanol–water partition coefficient (Wildman–Crippen LogP) is 0.817. The number of benzene rings is 1. The Morgan fingerprint density at radius 1 is 1.35 bits per heavy atom. The molecule has 3 rings (SSSR count). The van der Waals surface area contributed by atoms with E-state index in [2.05, 4.69) is 25.0 Å². The van der Waals surface area contributed by atoms with E-state index in [-0.39, 0.29) is 30.6 Å². The second-order valence-electron chi connectivity index (χ2n) is 5.11. The first-order chi connectivity index (χ1) is 11.0. The van der Waals surface area contributed by atoms with Crippen LogP contribution in [0.15, 0.2) is 28.8 Å². The molecule has 0 saturated heterocycles. The third-order valence-corrected chi connectivity index (χ3v) is 3.49. The number of aromatic amines is 1. The molecule has 23 heavy (non-hydrogen) atoms. The monoisotopic (exact) mass is 313 g/mol. The van der Waals surface area contributed by atoms with Crippen LogP contribution in [0, 0.1) is 6.92 Å². The molecule has 0 aliphatic carbocycles. The van der Waals surface area contributed by atoms with Gasteiger partial charge in [-0.05, 0) is 18.6 Å². The summed E-state index contributed by atoms with van der Waals surface area (Å²) >= 11 is 0. The summed E-state index contributed by atoms with van der Waals surface area (Å²) in [6.07, 6.45) is 0.233. The van der Waals surface area contributed by atoms with Crippen LogP contribution >= 0.6 is 0 Å². The highest BCUT2D eigenvalue weighted by atomic mass is 16.5. The van der Waals surface area contributed by atoms with Crippen LogP contribution in [-0.4, -0.2) is 26.9 Å². The van der Waals surface area contributed by atoms with Gasteiger partial charge in [0.25, 0.3) is 0 Å². The van der Waals surface area contributed by atoms with Gasteiger partial charge >= 0.3 is 11.8 Å². The third-order valence-electron chi connectivity index (χ3n) is 3.49.